The molecule has 0 spiro atoms. The summed E-state index contributed by atoms with van der Waals surface area (Å²) in [6.07, 6.45) is 1.94. The van der Waals surface area contributed by atoms with Crippen molar-refractivity contribution < 1.29 is 4.79 Å². The summed E-state index contributed by atoms with van der Waals surface area (Å²) in [4.78, 5) is 12.5. The second-order valence-corrected chi connectivity index (χ2v) is 2.53. The van der Waals surface area contributed by atoms with E-state index in [0.717, 1.165) is 12.8 Å². The first-order chi connectivity index (χ1) is 5.76. The lowest BCUT2D eigenvalue weighted by molar-refractivity contribution is -0.129. The zero-order valence-corrected chi connectivity index (χ0v) is 7.42. The summed E-state index contributed by atoms with van der Waals surface area (Å²) >= 11 is 0. The third-order valence-corrected chi connectivity index (χ3v) is 1.57. The van der Waals surface area contributed by atoms with E-state index in [1.807, 2.05) is 13.0 Å². The third kappa shape index (κ3) is 3.94. The smallest absolute Gasteiger partial charge is 0.237 e. The van der Waals surface area contributed by atoms with E-state index in [1.54, 1.807) is 0 Å². The van der Waals surface area contributed by atoms with Gasteiger partial charge >= 0.3 is 0 Å². The van der Waals surface area contributed by atoms with Crippen molar-refractivity contribution in [2.45, 2.75) is 19.8 Å². The fourth-order valence-electron chi connectivity index (χ4n) is 0.855. The highest BCUT2D eigenvalue weighted by molar-refractivity contribution is 5.78. The molecule has 68 valence electrons. The average molecular weight is 169 g/mol. The zero-order chi connectivity index (χ0) is 9.40. The number of amides is 1. The first-order valence-corrected chi connectivity index (χ1v) is 4.11. The van der Waals surface area contributed by atoms with Crippen molar-refractivity contribution in [3.8, 4) is 6.07 Å². The maximum absolute atomic E-state index is 11.1. The van der Waals surface area contributed by atoms with Crippen molar-refractivity contribution in [2.24, 2.45) is 5.73 Å². The lowest BCUT2D eigenvalue weighted by Crippen LogP contribution is -2.36. The Hall–Kier alpha value is -1.08. The zero-order valence-electron chi connectivity index (χ0n) is 7.42. The van der Waals surface area contributed by atoms with E-state index < -0.39 is 0 Å². The van der Waals surface area contributed by atoms with Gasteiger partial charge < -0.3 is 10.6 Å². The van der Waals surface area contributed by atoms with Gasteiger partial charge in [-0.2, -0.15) is 5.26 Å². The van der Waals surface area contributed by atoms with E-state index >= 15 is 0 Å². The maximum atomic E-state index is 11.1. The molecule has 0 aliphatic rings. The van der Waals surface area contributed by atoms with Crippen LogP contribution in [0.4, 0.5) is 0 Å². The van der Waals surface area contributed by atoms with Crippen LogP contribution in [0.5, 0.6) is 0 Å². The Balaban J connectivity index is 3.87. The SMILES string of the molecule is CCCCN(CC#N)C(=O)CN. The van der Waals surface area contributed by atoms with Gasteiger partial charge in [-0.3, -0.25) is 4.79 Å². The monoisotopic (exact) mass is 169 g/mol. The number of nitriles is 1. The minimum atomic E-state index is -0.148. The molecule has 0 aromatic carbocycles. The molecule has 0 bridgehead atoms. The van der Waals surface area contributed by atoms with E-state index in [9.17, 15) is 4.79 Å². The maximum Gasteiger partial charge on any atom is 0.237 e. The van der Waals surface area contributed by atoms with E-state index in [2.05, 4.69) is 0 Å². The van der Waals surface area contributed by atoms with Gasteiger partial charge in [-0.05, 0) is 6.42 Å². The van der Waals surface area contributed by atoms with Gasteiger partial charge in [0.25, 0.3) is 0 Å². The quantitative estimate of drug-likeness (QED) is 0.593. The number of nitrogens with two attached hydrogens (primary N) is 1. The molecule has 0 aliphatic heterocycles. The first-order valence-electron chi connectivity index (χ1n) is 4.11. The summed E-state index contributed by atoms with van der Waals surface area (Å²) in [6.45, 7) is 2.82. The van der Waals surface area contributed by atoms with Gasteiger partial charge in [-0.25, -0.2) is 0 Å². The van der Waals surface area contributed by atoms with Crippen LogP contribution in [0.15, 0.2) is 0 Å². The molecule has 0 saturated heterocycles. The molecule has 0 fully saturated rings. The van der Waals surface area contributed by atoms with Crippen LogP contribution in [0.2, 0.25) is 0 Å². The van der Waals surface area contributed by atoms with Crippen LogP contribution in [0.1, 0.15) is 19.8 Å². The van der Waals surface area contributed by atoms with Gasteiger partial charge in [0.05, 0.1) is 12.6 Å². The minimum absolute atomic E-state index is 0.00854. The molecule has 0 aromatic rings. The van der Waals surface area contributed by atoms with Gasteiger partial charge in [-0.15, -0.1) is 0 Å². The Kier molecular flexibility index (Phi) is 6.02. The van der Waals surface area contributed by atoms with Gasteiger partial charge in [0.15, 0.2) is 0 Å². The topological polar surface area (TPSA) is 70.1 Å². The minimum Gasteiger partial charge on any atom is -0.328 e. The summed E-state index contributed by atoms with van der Waals surface area (Å²) in [7, 11) is 0. The molecule has 0 saturated carbocycles. The number of carbonyl (C=O) groups is 1. The largest absolute Gasteiger partial charge is 0.328 e. The van der Waals surface area contributed by atoms with E-state index in [1.165, 1.54) is 4.90 Å². The van der Waals surface area contributed by atoms with Crippen molar-refractivity contribution in [1.29, 1.82) is 5.26 Å². The number of rotatable bonds is 5. The van der Waals surface area contributed by atoms with E-state index in [-0.39, 0.29) is 19.0 Å². The molecule has 0 unspecified atom stereocenters. The standard InChI is InChI=1S/C8H15N3O/c1-2-3-5-11(6-4-9)8(12)7-10/h2-3,5-7,10H2,1H3. The highest BCUT2D eigenvalue weighted by atomic mass is 16.2. The molecule has 0 aromatic heterocycles. The molecule has 0 aliphatic carbocycles. The number of carbonyl (C=O) groups excluding carboxylic acids is 1. The third-order valence-electron chi connectivity index (χ3n) is 1.57. The second-order valence-electron chi connectivity index (χ2n) is 2.53. The van der Waals surface area contributed by atoms with Crippen LogP contribution in [0.25, 0.3) is 0 Å². The molecular weight excluding hydrogens is 154 g/mol. The summed E-state index contributed by atoms with van der Waals surface area (Å²) in [6, 6.07) is 1.94. The molecule has 12 heavy (non-hydrogen) atoms. The van der Waals surface area contributed by atoms with Crippen LogP contribution in [-0.4, -0.2) is 30.4 Å². The lowest BCUT2D eigenvalue weighted by Gasteiger charge is -2.17. The Morgan fingerprint density at radius 1 is 1.67 bits per heavy atom. The number of unbranched alkanes of at least 4 members (excludes halogenated alkanes) is 1. The molecule has 0 atom stereocenters. The fourth-order valence-corrected chi connectivity index (χ4v) is 0.855. The van der Waals surface area contributed by atoms with Gasteiger partial charge in [0.2, 0.25) is 5.91 Å². The summed E-state index contributed by atoms with van der Waals surface area (Å²) in [5, 5.41) is 8.40. The van der Waals surface area contributed by atoms with Crippen LogP contribution in [0.3, 0.4) is 0 Å². The van der Waals surface area contributed by atoms with Gasteiger partial charge in [-0.1, -0.05) is 13.3 Å². The lowest BCUT2D eigenvalue weighted by atomic mass is 10.3. The van der Waals surface area contributed by atoms with Crippen molar-refractivity contribution in [3.05, 3.63) is 0 Å². The van der Waals surface area contributed by atoms with Gasteiger partial charge in [0, 0.05) is 6.54 Å². The predicted molar refractivity (Wildman–Crippen MR) is 46.2 cm³/mol. The van der Waals surface area contributed by atoms with Crippen molar-refractivity contribution in [3.63, 3.8) is 0 Å². The molecule has 4 nitrogen and oxygen atoms in total. The van der Waals surface area contributed by atoms with Crippen LogP contribution in [-0.2, 0) is 4.79 Å². The van der Waals surface area contributed by atoms with Gasteiger partial charge in [0.1, 0.15) is 6.54 Å². The molecule has 2 N–H and O–H groups in total. The highest BCUT2D eigenvalue weighted by Gasteiger charge is 2.09. The number of nitrogens with zero attached hydrogens (tertiary/aromatic N) is 2. The Morgan fingerprint density at radius 2 is 2.33 bits per heavy atom. The molecule has 1 amide bonds. The van der Waals surface area contributed by atoms with Crippen molar-refractivity contribution in [2.75, 3.05) is 19.6 Å². The predicted octanol–water partition coefficient (Wildman–Crippen LogP) is 0.0974. The first kappa shape index (κ1) is 10.9. The molecular formula is C8H15N3O. The molecule has 4 heteroatoms. The van der Waals surface area contributed by atoms with E-state index in [4.69, 9.17) is 11.0 Å². The Labute approximate surface area is 72.9 Å². The van der Waals surface area contributed by atoms with Crippen molar-refractivity contribution >= 4 is 5.91 Å². The molecule has 0 radical (unpaired) electrons. The average Bonchev–Trinajstić information content (AvgIpc) is 2.11. The summed E-state index contributed by atoms with van der Waals surface area (Å²) in [5.74, 6) is -0.148. The fraction of sp³-hybridized carbons (Fsp3) is 0.750. The van der Waals surface area contributed by atoms with Crippen LogP contribution in [0, 0.1) is 11.3 Å². The van der Waals surface area contributed by atoms with Crippen LogP contribution < -0.4 is 5.73 Å². The van der Waals surface area contributed by atoms with E-state index in [0.29, 0.717) is 6.54 Å². The van der Waals surface area contributed by atoms with Crippen LogP contribution >= 0.6 is 0 Å². The summed E-state index contributed by atoms with van der Waals surface area (Å²) in [5.41, 5.74) is 5.17. The normalized spacial score (nSPS) is 9.08. The Bertz CT molecular complexity index is 174. The van der Waals surface area contributed by atoms with Crippen molar-refractivity contribution in [1.82, 2.24) is 4.90 Å². The number of hydrogen-bond donors (Lipinski definition) is 1. The molecule has 0 heterocycles. The number of hydrogen-bond acceptors (Lipinski definition) is 3. The Morgan fingerprint density at radius 3 is 2.75 bits per heavy atom. The summed E-state index contributed by atoms with van der Waals surface area (Å²) < 4.78 is 0. The highest BCUT2D eigenvalue weighted by Crippen LogP contribution is 1.94. The second kappa shape index (κ2) is 6.62. The molecule has 0 rings (SSSR count).